The number of aryl methyl sites for hydroxylation is 1. The van der Waals surface area contributed by atoms with Crippen molar-refractivity contribution in [2.75, 3.05) is 12.4 Å². The van der Waals surface area contributed by atoms with Crippen LogP contribution < -0.4 is 11.1 Å². The standard InChI is InChI=1S/C16H18N4O/c1-10-15-6-12(14(7-17)8-18-3)4-5-13(15)9-19-16(10)20-11(2)21/h4-9H,17H2,1-3H3,(H,19,20,21)/b14-7+,18-8?. The minimum Gasteiger partial charge on any atom is -0.404 e. The van der Waals surface area contributed by atoms with Gasteiger partial charge >= 0.3 is 0 Å². The van der Waals surface area contributed by atoms with Crippen LogP contribution in [0.4, 0.5) is 5.82 Å². The highest BCUT2D eigenvalue weighted by atomic mass is 16.1. The van der Waals surface area contributed by atoms with E-state index in [4.69, 9.17) is 5.73 Å². The van der Waals surface area contributed by atoms with Crippen LogP contribution in [0.5, 0.6) is 0 Å². The average Bonchev–Trinajstić information content (AvgIpc) is 2.47. The van der Waals surface area contributed by atoms with Crippen LogP contribution in [-0.4, -0.2) is 24.2 Å². The van der Waals surface area contributed by atoms with Crippen LogP contribution in [0.25, 0.3) is 16.3 Å². The number of allylic oxidation sites excluding steroid dienone is 1. The number of amides is 1. The summed E-state index contributed by atoms with van der Waals surface area (Å²) in [5.74, 6) is 0.441. The molecule has 3 N–H and O–H groups in total. The zero-order chi connectivity index (χ0) is 15.4. The number of nitrogens with two attached hydrogens (primary N) is 1. The third kappa shape index (κ3) is 3.08. The van der Waals surface area contributed by atoms with Crippen molar-refractivity contribution in [3.63, 3.8) is 0 Å². The predicted molar refractivity (Wildman–Crippen MR) is 87.4 cm³/mol. The normalized spacial score (nSPS) is 12.0. The summed E-state index contributed by atoms with van der Waals surface area (Å²) in [5, 5.41) is 4.77. The van der Waals surface area contributed by atoms with E-state index in [1.165, 1.54) is 13.1 Å². The van der Waals surface area contributed by atoms with Crippen molar-refractivity contribution in [3.05, 3.63) is 41.7 Å². The summed E-state index contributed by atoms with van der Waals surface area (Å²) in [6.45, 7) is 3.40. The monoisotopic (exact) mass is 282 g/mol. The first-order valence-corrected chi connectivity index (χ1v) is 6.58. The zero-order valence-corrected chi connectivity index (χ0v) is 12.3. The van der Waals surface area contributed by atoms with Gasteiger partial charge in [0, 0.05) is 43.5 Å². The second kappa shape index (κ2) is 6.17. The van der Waals surface area contributed by atoms with Gasteiger partial charge in [-0.15, -0.1) is 0 Å². The summed E-state index contributed by atoms with van der Waals surface area (Å²) >= 11 is 0. The van der Waals surface area contributed by atoms with Gasteiger partial charge in [-0.1, -0.05) is 12.1 Å². The highest BCUT2D eigenvalue weighted by Gasteiger charge is 2.08. The minimum atomic E-state index is -0.137. The van der Waals surface area contributed by atoms with Gasteiger partial charge in [0.25, 0.3) is 0 Å². The van der Waals surface area contributed by atoms with Gasteiger partial charge in [-0.25, -0.2) is 4.98 Å². The molecule has 5 heteroatoms. The first-order chi connectivity index (χ1) is 10.1. The molecular formula is C16H18N4O. The number of nitrogens with zero attached hydrogens (tertiary/aromatic N) is 2. The van der Waals surface area contributed by atoms with E-state index < -0.39 is 0 Å². The highest BCUT2D eigenvalue weighted by Crippen LogP contribution is 2.26. The zero-order valence-electron chi connectivity index (χ0n) is 12.3. The average molecular weight is 282 g/mol. The number of hydrogen-bond acceptors (Lipinski definition) is 4. The number of anilines is 1. The fourth-order valence-corrected chi connectivity index (χ4v) is 2.18. The number of aromatic nitrogens is 1. The van der Waals surface area contributed by atoms with Gasteiger partial charge in [0.1, 0.15) is 5.82 Å². The van der Waals surface area contributed by atoms with Crippen LogP contribution in [0.2, 0.25) is 0 Å². The van der Waals surface area contributed by atoms with E-state index in [-0.39, 0.29) is 5.91 Å². The van der Waals surface area contributed by atoms with Crippen molar-refractivity contribution in [2.24, 2.45) is 10.7 Å². The van der Waals surface area contributed by atoms with Gasteiger partial charge in [-0.2, -0.15) is 0 Å². The van der Waals surface area contributed by atoms with Crippen LogP contribution in [0, 0.1) is 6.92 Å². The molecule has 0 unspecified atom stereocenters. The smallest absolute Gasteiger partial charge is 0.222 e. The molecule has 1 aromatic heterocycles. The molecule has 0 aliphatic heterocycles. The highest BCUT2D eigenvalue weighted by molar-refractivity contribution is 6.10. The summed E-state index contributed by atoms with van der Waals surface area (Å²) in [4.78, 5) is 19.5. The number of pyridine rings is 1. The van der Waals surface area contributed by atoms with Crippen LogP contribution in [-0.2, 0) is 4.79 Å². The van der Waals surface area contributed by atoms with Crippen molar-refractivity contribution < 1.29 is 4.79 Å². The summed E-state index contributed by atoms with van der Waals surface area (Å²) in [5.41, 5.74) is 8.39. The van der Waals surface area contributed by atoms with Gasteiger partial charge in [-0.05, 0) is 29.5 Å². The number of nitrogens with one attached hydrogen (secondary N) is 1. The van der Waals surface area contributed by atoms with Crippen LogP contribution in [0.1, 0.15) is 18.1 Å². The molecule has 0 bridgehead atoms. The molecule has 0 fully saturated rings. The predicted octanol–water partition coefficient (Wildman–Crippen LogP) is 2.50. The topological polar surface area (TPSA) is 80.4 Å². The van der Waals surface area contributed by atoms with Gasteiger partial charge in [0.05, 0.1) is 0 Å². The van der Waals surface area contributed by atoms with Crippen LogP contribution in [0.3, 0.4) is 0 Å². The number of aliphatic imine (C=N–C) groups is 1. The van der Waals surface area contributed by atoms with E-state index in [9.17, 15) is 4.79 Å². The van der Waals surface area contributed by atoms with Crippen molar-refractivity contribution in [1.82, 2.24) is 4.98 Å². The molecule has 1 heterocycles. The maximum atomic E-state index is 11.2. The van der Waals surface area contributed by atoms with Gasteiger partial charge < -0.3 is 11.1 Å². The molecule has 5 nitrogen and oxygen atoms in total. The van der Waals surface area contributed by atoms with Crippen LogP contribution >= 0.6 is 0 Å². The van der Waals surface area contributed by atoms with E-state index in [0.717, 1.165) is 27.5 Å². The Morgan fingerprint density at radius 3 is 2.81 bits per heavy atom. The molecule has 2 aromatic rings. The Kier molecular flexibility index (Phi) is 4.33. The van der Waals surface area contributed by atoms with E-state index in [1.54, 1.807) is 19.5 Å². The SMILES string of the molecule is CN=C/C(=C\N)c1ccc2cnc(NC(C)=O)c(C)c2c1. The molecular weight excluding hydrogens is 264 g/mol. The quantitative estimate of drug-likeness (QED) is 0.849. The van der Waals surface area contributed by atoms with E-state index in [1.807, 2.05) is 25.1 Å². The molecule has 0 aliphatic carbocycles. The van der Waals surface area contributed by atoms with Crippen LogP contribution in [0.15, 0.2) is 35.6 Å². The van der Waals surface area contributed by atoms with Crippen molar-refractivity contribution in [1.29, 1.82) is 0 Å². The second-order valence-corrected chi connectivity index (χ2v) is 4.72. The Labute approximate surface area is 123 Å². The first-order valence-electron chi connectivity index (χ1n) is 6.58. The van der Waals surface area contributed by atoms with Crippen molar-refractivity contribution >= 4 is 34.3 Å². The van der Waals surface area contributed by atoms with Crippen molar-refractivity contribution in [3.8, 4) is 0 Å². The number of benzene rings is 1. The van der Waals surface area contributed by atoms with E-state index >= 15 is 0 Å². The summed E-state index contributed by atoms with van der Waals surface area (Å²) in [6, 6.07) is 5.98. The maximum Gasteiger partial charge on any atom is 0.222 e. The van der Waals surface area contributed by atoms with Gasteiger partial charge in [-0.3, -0.25) is 9.79 Å². The molecule has 0 saturated carbocycles. The Morgan fingerprint density at radius 2 is 2.19 bits per heavy atom. The molecule has 0 spiro atoms. The lowest BCUT2D eigenvalue weighted by molar-refractivity contribution is -0.114. The molecule has 0 atom stereocenters. The number of rotatable bonds is 3. The number of fused-ring (bicyclic) bond motifs is 1. The van der Waals surface area contributed by atoms with Gasteiger partial charge in [0.15, 0.2) is 0 Å². The third-order valence-corrected chi connectivity index (χ3v) is 3.22. The van der Waals surface area contributed by atoms with E-state index in [2.05, 4.69) is 15.3 Å². The lowest BCUT2D eigenvalue weighted by Crippen LogP contribution is -2.09. The van der Waals surface area contributed by atoms with E-state index in [0.29, 0.717) is 5.82 Å². The molecule has 108 valence electrons. The summed E-state index contributed by atoms with van der Waals surface area (Å²) in [7, 11) is 1.70. The van der Waals surface area contributed by atoms with Gasteiger partial charge in [0.2, 0.25) is 5.91 Å². The summed E-state index contributed by atoms with van der Waals surface area (Å²) in [6.07, 6.45) is 4.99. The molecule has 0 saturated heterocycles. The largest absolute Gasteiger partial charge is 0.404 e. The fraction of sp³-hybridized carbons (Fsp3) is 0.188. The fourth-order valence-electron chi connectivity index (χ4n) is 2.18. The maximum absolute atomic E-state index is 11.2. The lowest BCUT2D eigenvalue weighted by Gasteiger charge is -2.10. The third-order valence-electron chi connectivity index (χ3n) is 3.22. The molecule has 1 aromatic carbocycles. The Hall–Kier alpha value is -2.69. The molecule has 0 aliphatic rings. The molecule has 2 rings (SSSR count). The number of hydrogen-bond donors (Lipinski definition) is 2. The Morgan fingerprint density at radius 1 is 1.43 bits per heavy atom. The second-order valence-electron chi connectivity index (χ2n) is 4.72. The molecule has 1 amide bonds. The lowest BCUT2D eigenvalue weighted by atomic mass is 10.0. The number of carbonyl (C=O) groups excluding carboxylic acids is 1. The molecule has 21 heavy (non-hydrogen) atoms. The number of carbonyl (C=O) groups is 1. The Balaban J connectivity index is 2.60. The summed E-state index contributed by atoms with van der Waals surface area (Å²) < 4.78 is 0. The first kappa shape index (κ1) is 14.7. The van der Waals surface area contributed by atoms with Crippen molar-refractivity contribution in [2.45, 2.75) is 13.8 Å². The minimum absolute atomic E-state index is 0.137. The Bertz CT molecular complexity index is 747. The molecule has 0 radical (unpaired) electrons.